The van der Waals surface area contributed by atoms with Crippen molar-refractivity contribution in [1.29, 1.82) is 0 Å². The Kier molecular flexibility index (Phi) is 8.72. The van der Waals surface area contributed by atoms with Crippen molar-refractivity contribution in [3.8, 4) is 23.0 Å². The third kappa shape index (κ3) is 6.23. The van der Waals surface area contributed by atoms with Crippen LogP contribution in [0.1, 0.15) is 46.9 Å². The molecule has 220 valence electrons. The van der Waals surface area contributed by atoms with Crippen molar-refractivity contribution in [1.82, 2.24) is 10.2 Å². The highest BCUT2D eigenvalue weighted by Crippen LogP contribution is 2.39. The van der Waals surface area contributed by atoms with Crippen LogP contribution in [0.15, 0.2) is 58.6 Å². The van der Waals surface area contributed by atoms with Gasteiger partial charge in [0.1, 0.15) is 0 Å². The molecular formula is C32H36N4O6. The molecule has 3 heterocycles. The zero-order valence-corrected chi connectivity index (χ0v) is 24.3. The Balaban J connectivity index is 1.24. The van der Waals surface area contributed by atoms with Crippen molar-refractivity contribution in [2.75, 3.05) is 40.5 Å². The van der Waals surface area contributed by atoms with E-state index in [0.29, 0.717) is 78.1 Å². The number of amides is 1. The molecular weight excluding hydrogens is 536 g/mol. The van der Waals surface area contributed by atoms with Gasteiger partial charge in [0, 0.05) is 55.7 Å². The van der Waals surface area contributed by atoms with Crippen LogP contribution in [0, 0.1) is 0 Å². The van der Waals surface area contributed by atoms with Crippen LogP contribution in [0.25, 0.3) is 0 Å². The molecule has 0 radical (unpaired) electrons. The van der Waals surface area contributed by atoms with E-state index in [1.54, 1.807) is 48.7 Å². The SMILES string of the molecule is C=C1CNC(C=Nc2cc(OCCCOc3cc4c(cc3OC)C(=O)N3CC(=C)CC3C=N4)c(OC)cc2C(C)=O)C1. The zero-order chi connectivity index (χ0) is 29.8. The molecule has 0 bridgehead atoms. The van der Waals surface area contributed by atoms with Gasteiger partial charge in [-0.2, -0.15) is 0 Å². The number of carbonyl (C=O) groups is 2. The maximum Gasteiger partial charge on any atom is 0.257 e. The minimum atomic E-state index is -0.115. The lowest BCUT2D eigenvalue weighted by atomic mass is 10.1. The van der Waals surface area contributed by atoms with E-state index in [9.17, 15) is 9.59 Å². The van der Waals surface area contributed by atoms with Crippen LogP contribution in [0.3, 0.4) is 0 Å². The number of ether oxygens (including phenoxy) is 4. The molecule has 0 aliphatic carbocycles. The summed E-state index contributed by atoms with van der Waals surface area (Å²) in [5, 5.41) is 3.32. The molecule has 1 N–H and O–H groups in total. The van der Waals surface area contributed by atoms with Gasteiger partial charge in [0.05, 0.1) is 50.4 Å². The number of nitrogens with zero attached hydrogens (tertiary/aromatic N) is 3. The molecule has 2 aromatic carbocycles. The fraction of sp³-hybridized carbons (Fsp3) is 0.375. The van der Waals surface area contributed by atoms with Crippen LogP contribution in [0.2, 0.25) is 0 Å². The number of fused-ring (bicyclic) bond motifs is 2. The molecule has 10 heteroatoms. The Labute approximate surface area is 245 Å². The molecule has 3 aliphatic rings. The Morgan fingerprint density at radius 1 is 1.05 bits per heavy atom. The van der Waals surface area contributed by atoms with Gasteiger partial charge in [-0.05, 0) is 31.9 Å². The third-order valence-electron chi connectivity index (χ3n) is 7.43. The number of nitrogens with one attached hydrogen (secondary N) is 1. The van der Waals surface area contributed by atoms with E-state index in [1.807, 2.05) is 0 Å². The number of hydrogen-bond acceptors (Lipinski definition) is 9. The Morgan fingerprint density at radius 3 is 2.43 bits per heavy atom. The summed E-state index contributed by atoms with van der Waals surface area (Å²) in [6.45, 7) is 11.5. The van der Waals surface area contributed by atoms with E-state index in [2.05, 4.69) is 28.5 Å². The molecule has 2 fully saturated rings. The monoisotopic (exact) mass is 572 g/mol. The average molecular weight is 573 g/mol. The molecule has 5 rings (SSSR count). The summed E-state index contributed by atoms with van der Waals surface area (Å²) in [6.07, 6.45) is 5.68. The lowest BCUT2D eigenvalue weighted by Crippen LogP contribution is -2.35. The van der Waals surface area contributed by atoms with E-state index < -0.39 is 0 Å². The highest BCUT2D eigenvalue weighted by atomic mass is 16.5. The molecule has 0 saturated carbocycles. The maximum absolute atomic E-state index is 13.2. The van der Waals surface area contributed by atoms with Crippen molar-refractivity contribution >= 4 is 35.5 Å². The number of benzene rings is 2. The summed E-state index contributed by atoms with van der Waals surface area (Å²) >= 11 is 0. The van der Waals surface area contributed by atoms with E-state index in [0.717, 1.165) is 24.1 Å². The highest BCUT2D eigenvalue weighted by Gasteiger charge is 2.34. The molecule has 2 saturated heterocycles. The maximum atomic E-state index is 13.2. The van der Waals surface area contributed by atoms with Crippen molar-refractivity contribution in [2.45, 2.75) is 38.3 Å². The number of hydrogen-bond donors (Lipinski definition) is 1. The van der Waals surface area contributed by atoms with Gasteiger partial charge in [-0.1, -0.05) is 24.3 Å². The van der Waals surface area contributed by atoms with Gasteiger partial charge in [-0.3, -0.25) is 19.6 Å². The number of Topliss-reactive ketones (excluding diaryl/α,β-unsaturated/α-hetero) is 1. The second-order valence-electron chi connectivity index (χ2n) is 10.6. The van der Waals surface area contributed by atoms with Crippen molar-refractivity contribution in [3.63, 3.8) is 0 Å². The fourth-order valence-corrected chi connectivity index (χ4v) is 5.24. The van der Waals surface area contributed by atoms with Gasteiger partial charge in [0.25, 0.3) is 5.91 Å². The quantitative estimate of drug-likeness (QED) is 0.177. The van der Waals surface area contributed by atoms with Gasteiger partial charge in [-0.15, -0.1) is 0 Å². The molecule has 1 amide bonds. The van der Waals surface area contributed by atoms with Gasteiger partial charge in [0.15, 0.2) is 28.8 Å². The van der Waals surface area contributed by atoms with E-state index >= 15 is 0 Å². The van der Waals surface area contributed by atoms with Crippen molar-refractivity contribution in [3.05, 3.63) is 59.7 Å². The number of rotatable bonds is 11. The van der Waals surface area contributed by atoms with Crippen molar-refractivity contribution < 1.29 is 28.5 Å². The predicted molar refractivity (Wildman–Crippen MR) is 162 cm³/mol. The van der Waals surface area contributed by atoms with Crippen LogP contribution in [0.4, 0.5) is 11.4 Å². The molecule has 2 unspecified atom stereocenters. The van der Waals surface area contributed by atoms with Crippen molar-refractivity contribution in [2.24, 2.45) is 9.98 Å². The number of carbonyl (C=O) groups excluding carboxylic acids is 2. The Bertz CT molecular complexity index is 1480. The minimum absolute atomic E-state index is 0.0758. The standard InChI is InChI=1S/C32H36N4O6/c1-19-9-22(33-15-19)16-34-26-13-30(28(39-4)11-24(26)21(3)37)41-7-6-8-42-31-14-27-25(12-29(31)40-5)32(38)36-18-20(2)10-23(36)17-35-27/h11-14,16-17,22-23,33H,1-2,6-10,15,18H2,3-5H3. The summed E-state index contributed by atoms with van der Waals surface area (Å²) in [4.78, 5) is 36.4. The molecule has 3 aliphatic heterocycles. The number of aliphatic imine (C=N–C) groups is 2. The first-order valence-corrected chi connectivity index (χ1v) is 13.9. The lowest BCUT2D eigenvalue weighted by molar-refractivity contribution is 0.0777. The minimum Gasteiger partial charge on any atom is -0.493 e. The smallest absolute Gasteiger partial charge is 0.257 e. The first kappa shape index (κ1) is 29.1. The van der Waals surface area contributed by atoms with Gasteiger partial charge in [0.2, 0.25) is 0 Å². The fourth-order valence-electron chi connectivity index (χ4n) is 5.24. The zero-order valence-electron chi connectivity index (χ0n) is 24.3. The molecule has 2 aromatic rings. The van der Waals surface area contributed by atoms with Crippen LogP contribution in [0.5, 0.6) is 23.0 Å². The molecule has 2 atom stereocenters. The molecule has 42 heavy (non-hydrogen) atoms. The second-order valence-corrected chi connectivity index (χ2v) is 10.6. The number of methoxy groups -OCH3 is 2. The molecule has 0 aromatic heterocycles. The third-order valence-corrected chi connectivity index (χ3v) is 7.43. The van der Waals surface area contributed by atoms with Gasteiger partial charge in [-0.25, -0.2) is 0 Å². The van der Waals surface area contributed by atoms with Crippen LogP contribution >= 0.6 is 0 Å². The van der Waals surface area contributed by atoms with E-state index in [1.165, 1.54) is 14.0 Å². The second kappa shape index (κ2) is 12.6. The van der Waals surface area contributed by atoms with E-state index in [-0.39, 0.29) is 23.8 Å². The Morgan fingerprint density at radius 2 is 1.76 bits per heavy atom. The van der Waals surface area contributed by atoms with Crippen LogP contribution in [-0.4, -0.2) is 81.6 Å². The molecule has 0 spiro atoms. The lowest BCUT2D eigenvalue weighted by Gasteiger charge is -2.20. The van der Waals surface area contributed by atoms with Gasteiger partial charge < -0.3 is 29.2 Å². The molecule has 10 nitrogen and oxygen atoms in total. The van der Waals surface area contributed by atoms with Crippen LogP contribution in [-0.2, 0) is 0 Å². The largest absolute Gasteiger partial charge is 0.493 e. The normalized spacial score (nSPS) is 19.6. The number of ketones is 1. The van der Waals surface area contributed by atoms with Crippen LogP contribution < -0.4 is 24.3 Å². The highest BCUT2D eigenvalue weighted by molar-refractivity contribution is 6.04. The first-order chi connectivity index (χ1) is 20.3. The predicted octanol–water partition coefficient (Wildman–Crippen LogP) is 4.86. The first-order valence-electron chi connectivity index (χ1n) is 13.9. The topological polar surface area (TPSA) is 111 Å². The summed E-state index contributed by atoms with van der Waals surface area (Å²) in [6, 6.07) is 6.80. The summed E-state index contributed by atoms with van der Waals surface area (Å²) in [5.41, 5.74) is 4.13. The Hall–Kier alpha value is -4.44. The summed E-state index contributed by atoms with van der Waals surface area (Å²) < 4.78 is 23.1. The summed E-state index contributed by atoms with van der Waals surface area (Å²) in [5.74, 6) is 1.68. The van der Waals surface area contributed by atoms with E-state index in [4.69, 9.17) is 18.9 Å². The van der Waals surface area contributed by atoms with Gasteiger partial charge >= 0.3 is 0 Å². The average Bonchev–Trinajstić information content (AvgIpc) is 3.55. The summed E-state index contributed by atoms with van der Waals surface area (Å²) in [7, 11) is 3.07.